The molecule has 326 valence electrons. The molecule has 0 saturated heterocycles. The highest BCUT2D eigenvalue weighted by atomic mass is 16.5. The Morgan fingerprint density at radius 3 is 1.77 bits per heavy atom. The summed E-state index contributed by atoms with van der Waals surface area (Å²) < 4.78 is 13.9. The van der Waals surface area contributed by atoms with E-state index >= 15 is 0 Å². The van der Waals surface area contributed by atoms with Gasteiger partial charge in [-0.25, -0.2) is 0 Å². The summed E-state index contributed by atoms with van der Waals surface area (Å²) in [5, 5.41) is 2.52. The molecule has 0 saturated carbocycles. The molecule has 0 N–H and O–H groups in total. The van der Waals surface area contributed by atoms with Gasteiger partial charge in [-0.2, -0.15) is 0 Å². The molecule has 0 aliphatic heterocycles. The molecule has 61 heavy (non-hydrogen) atoms. The predicted molar refractivity (Wildman–Crippen MR) is 267 cm³/mol. The summed E-state index contributed by atoms with van der Waals surface area (Å²) in [6.45, 7) is 23.9. The van der Waals surface area contributed by atoms with E-state index in [1.54, 1.807) is 5.56 Å². The van der Waals surface area contributed by atoms with Gasteiger partial charge in [-0.1, -0.05) is 187 Å². The number of hydrogen-bond donors (Lipinski definition) is 0. The third-order valence-electron chi connectivity index (χ3n) is 13.5. The number of allylic oxidation sites excluding steroid dienone is 1. The molecule has 2 aliphatic rings. The van der Waals surface area contributed by atoms with Crippen LogP contribution in [0.15, 0.2) is 78.9 Å². The van der Waals surface area contributed by atoms with Crippen molar-refractivity contribution in [1.82, 2.24) is 0 Å². The van der Waals surface area contributed by atoms with Crippen molar-refractivity contribution in [2.45, 2.75) is 176 Å². The van der Waals surface area contributed by atoms with Crippen molar-refractivity contribution in [2.24, 2.45) is 0 Å². The topological polar surface area (TPSA) is 18.5 Å². The minimum atomic E-state index is 0.0155. The van der Waals surface area contributed by atoms with E-state index in [9.17, 15) is 0 Å². The first kappa shape index (κ1) is 46.2. The Bertz CT molecular complexity index is 2240. The van der Waals surface area contributed by atoms with Gasteiger partial charge < -0.3 is 9.47 Å². The van der Waals surface area contributed by atoms with Gasteiger partial charge >= 0.3 is 0 Å². The van der Waals surface area contributed by atoms with Gasteiger partial charge in [0.05, 0.1) is 13.2 Å². The second kappa shape index (κ2) is 21.7. The lowest BCUT2D eigenvalue weighted by Crippen LogP contribution is -2.26. The van der Waals surface area contributed by atoms with Crippen molar-refractivity contribution in [3.63, 3.8) is 0 Å². The van der Waals surface area contributed by atoms with Crippen molar-refractivity contribution in [1.29, 1.82) is 0 Å². The van der Waals surface area contributed by atoms with Crippen LogP contribution in [-0.2, 0) is 11.8 Å². The number of fused-ring (bicyclic) bond motifs is 5. The molecule has 2 nitrogen and oxygen atoms in total. The molecule has 0 atom stereocenters. The van der Waals surface area contributed by atoms with E-state index in [4.69, 9.17) is 9.47 Å². The summed E-state index contributed by atoms with van der Waals surface area (Å²) in [4.78, 5) is 0. The average Bonchev–Trinajstić information content (AvgIpc) is 3.54. The highest BCUT2D eigenvalue weighted by molar-refractivity contribution is 6.09. The van der Waals surface area contributed by atoms with E-state index in [-0.39, 0.29) is 5.41 Å². The molecule has 0 heterocycles. The maximum atomic E-state index is 7.03. The fourth-order valence-corrected chi connectivity index (χ4v) is 10.2. The smallest absolute Gasteiger partial charge is 0.128 e. The fourth-order valence-electron chi connectivity index (χ4n) is 10.2. The first-order valence-corrected chi connectivity index (χ1v) is 24.7. The minimum Gasteiger partial charge on any atom is -0.493 e. The molecule has 7 rings (SSSR count). The molecule has 0 bridgehead atoms. The second-order valence-corrected chi connectivity index (χ2v) is 18.3. The van der Waals surface area contributed by atoms with Crippen molar-refractivity contribution >= 4 is 16.8 Å². The summed E-state index contributed by atoms with van der Waals surface area (Å²) in [5.41, 5.74) is 16.6. The summed E-state index contributed by atoms with van der Waals surface area (Å²) in [7, 11) is 0. The van der Waals surface area contributed by atoms with Crippen LogP contribution < -0.4 is 9.47 Å². The number of hydrogen-bond acceptors (Lipinski definition) is 2. The summed E-state index contributed by atoms with van der Waals surface area (Å²) in [5.74, 6) is 2.88. The zero-order valence-electron chi connectivity index (χ0n) is 39.9. The Hall–Kier alpha value is -4.30. The van der Waals surface area contributed by atoms with Crippen LogP contribution in [0.5, 0.6) is 11.5 Å². The Morgan fingerprint density at radius 1 is 0.574 bits per heavy atom. The van der Waals surface area contributed by atoms with Gasteiger partial charge in [0.25, 0.3) is 0 Å². The van der Waals surface area contributed by atoms with E-state index in [2.05, 4.69) is 140 Å². The fraction of sp³-hybridized carbons (Fsp3) is 0.492. The third-order valence-corrected chi connectivity index (χ3v) is 13.5. The molecule has 0 amide bonds. The molecular formula is C59H78O2. The molecule has 0 unspecified atom stereocenters. The summed E-state index contributed by atoms with van der Waals surface area (Å²) in [6.07, 6.45) is 20.9. The maximum Gasteiger partial charge on any atom is 0.128 e. The molecule has 0 fully saturated rings. The van der Waals surface area contributed by atoms with E-state index in [0.29, 0.717) is 25.0 Å². The molecule has 2 aliphatic carbocycles. The Balaban J connectivity index is 0.00000307. The van der Waals surface area contributed by atoms with Crippen LogP contribution in [0.2, 0.25) is 0 Å². The molecule has 5 aromatic carbocycles. The van der Waals surface area contributed by atoms with E-state index < -0.39 is 0 Å². The van der Waals surface area contributed by atoms with E-state index in [1.165, 1.54) is 123 Å². The highest BCUT2D eigenvalue weighted by Gasteiger charge is 2.43. The van der Waals surface area contributed by atoms with Gasteiger partial charge in [0.1, 0.15) is 11.5 Å². The predicted octanol–water partition coefficient (Wildman–Crippen LogP) is 18.2. The lowest BCUT2D eigenvalue weighted by atomic mass is 9.70. The number of benzene rings is 5. The van der Waals surface area contributed by atoms with Crippen LogP contribution in [-0.4, -0.2) is 13.2 Å². The van der Waals surface area contributed by atoms with Crippen LogP contribution in [0, 0.1) is 0 Å². The van der Waals surface area contributed by atoms with Crippen molar-refractivity contribution < 1.29 is 9.47 Å². The second-order valence-electron chi connectivity index (χ2n) is 18.3. The monoisotopic (exact) mass is 819 g/mol. The molecule has 0 radical (unpaired) electrons. The van der Waals surface area contributed by atoms with Gasteiger partial charge in [0, 0.05) is 16.5 Å². The van der Waals surface area contributed by atoms with Crippen LogP contribution >= 0.6 is 0 Å². The normalized spacial score (nSPS) is 13.6. The summed E-state index contributed by atoms with van der Waals surface area (Å²) >= 11 is 0. The zero-order chi connectivity index (χ0) is 43.5. The first-order valence-electron chi connectivity index (χ1n) is 24.7. The standard InChI is InChI=1S/C57H72O2.C2H6/c1-9-13-21-31-57(32-22-14-10-2)51-35-41(39(5)6)27-29-45(51)46-30-28-42(36-52(46)57)50-38-54(59-34-16-12-4)56(48-26-20-18-24-44(48)50)55-47-25-19-17-23-43(47)49(40(7)8)37-53(55)58-33-15-11-3;1-2/h17-18,20,23-24,26-30,35-40H,9-16,19,21-22,25,31-34H2,1-8H3;1-2H3. The maximum absolute atomic E-state index is 7.03. The SMILES string of the molecule is CC.CCCCCC1(CCCCC)c2cc(-c3cc(OCCCC)c(-c4c(OCCCC)cc(C(C)C)c5c4CCC=C5)c4ccccc34)ccc2-c2ccc(C(C)C)cc21. The van der Waals surface area contributed by atoms with Crippen molar-refractivity contribution in [3.8, 4) is 44.9 Å². The largest absolute Gasteiger partial charge is 0.493 e. The highest BCUT2D eigenvalue weighted by Crippen LogP contribution is 2.57. The zero-order valence-corrected chi connectivity index (χ0v) is 39.9. The van der Waals surface area contributed by atoms with Gasteiger partial charge in [0.2, 0.25) is 0 Å². The lowest BCUT2D eigenvalue weighted by molar-refractivity contribution is 0.306. The van der Waals surface area contributed by atoms with Gasteiger partial charge in [-0.15, -0.1) is 0 Å². The third kappa shape index (κ3) is 9.55. The first-order chi connectivity index (χ1) is 29.8. The number of unbranched alkanes of at least 4 members (excludes halogenated alkanes) is 6. The average molecular weight is 819 g/mol. The van der Waals surface area contributed by atoms with Gasteiger partial charge in [-0.05, 0) is 135 Å². The Morgan fingerprint density at radius 2 is 1.16 bits per heavy atom. The molecular weight excluding hydrogens is 741 g/mol. The van der Waals surface area contributed by atoms with E-state index in [0.717, 1.165) is 50.0 Å². The molecule has 5 aromatic rings. The van der Waals surface area contributed by atoms with E-state index in [1.807, 2.05) is 13.8 Å². The number of rotatable bonds is 20. The van der Waals surface area contributed by atoms with Gasteiger partial charge in [-0.3, -0.25) is 0 Å². The Labute approximate surface area is 371 Å². The summed E-state index contributed by atoms with van der Waals surface area (Å²) in [6, 6.07) is 28.8. The van der Waals surface area contributed by atoms with Crippen LogP contribution in [0.4, 0.5) is 0 Å². The Kier molecular flexibility index (Phi) is 16.4. The minimum absolute atomic E-state index is 0.0155. The molecule has 0 spiro atoms. The number of ether oxygens (including phenoxy) is 2. The quantitative estimate of drug-likeness (QED) is 0.0729. The van der Waals surface area contributed by atoms with Crippen molar-refractivity contribution in [3.05, 3.63) is 112 Å². The van der Waals surface area contributed by atoms with Crippen molar-refractivity contribution in [2.75, 3.05) is 13.2 Å². The van der Waals surface area contributed by atoms with Crippen LogP contribution in [0.25, 0.3) is 50.2 Å². The van der Waals surface area contributed by atoms with Crippen LogP contribution in [0.1, 0.15) is 198 Å². The lowest BCUT2D eigenvalue weighted by Gasteiger charge is -2.33. The molecule has 2 heteroatoms. The molecule has 0 aromatic heterocycles. The van der Waals surface area contributed by atoms with Gasteiger partial charge in [0.15, 0.2) is 0 Å². The van der Waals surface area contributed by atoms with Crippen LogP contribution in [0.3, 0.4) is 0 Å².